The van der Waals surface area contributed by atoms with Crippen molar-refractivity contribution in [2.75, 3.05) is 22.7 Å². The number of aliphatic imine (C=N–C) groups is 2. The molecule has 4 aromatic rings. The van der Waals surface area contributed by atoms with Gasteiger partial charge in [-0.1, -0.05) is 53.6 Å². The fourth-order valence-electron chi connectivity index (χ4n) is 4.01. The summed E-state index contributed by atoms with van der Waals surface area (Å²) in [6.45, 7) is 5.49. The summed E-state index contributed by atoms with van der Waals surface area (Å²) in [5, 5.41) is 19.7. The highest BCUT2D eigenvalue weighted by Crippen LogP contribution is 2.29. The number of nitrogens with one attached hydrogen (secondary N) is 2. The molecule has 10 nitrogen and oxygen atoms in total. The van der Waals surface area contributed by atoms with Gasteiger partial charge in [-0.3, -0.25) is 9.79 Å². The van der Waals surface area contributed by atoms with Gasteiger partial charge in [-0.2, -0.15) is 5.10 Å². The van der Waals surface area contributed by atoms with Crippen LogP contribution in [0.15, 0.2) is 92.3 Å². The van der Waals surface area contributed by atoms with Crippen molar-refractivity contribution in [3.63, 3.8) is 0 Å². The smallest absolute Gasteiger partial charge is 0.317 e. The monoisotopic (exact) mass is 492 g/mol. The van der Waals surface area contributed by atoms with Crippen LogP contribution in [0.2, 0.25) is 0 Å². The Bertz CT molecular complexity index is 1510. The van der Waals surface area contributed by atoms with E-state index in [2.05, 4.69) is 37.6 Å². The van der Waals surface area contributed by atoms with Crippen LogP contribution in [0.5, 0.6) is 0 Å². The Morgan fingerprint density at radius 1 is 1.05 bits per heavy atom. The SMILES string of the molecule is C=NN(/C=N\C)c1ccc(-c2nnc(NC3N=C(c4ccccc4)c4ccccc4NC3=O)o2)c(C)c1. The van der Waals surface area contributed by atoms with Gasteiger partial charge in [-0.05, 0) is 36.8 Å². The van der Waals surface area contributed by atoms with Gasteiger partial charge >= 0.3 is 6.01 Å². The minimum absolute atomic E-state index is 0.0771. The summed E-state index contributed by atoms with van der Waals surface area (Å²) in [7, 11) is 1.66. The number of anilines is 3. The van der Waals surface area contributed by atoms with E-state index in [1.807, 2.05) is 79.7 Å². The van der Waals surface area contributed by atoms with E-state index in [0.29, 0.717) is 17.3 Å². The van der Waals surface area contributed by atoms with Crippen molar-refractivity contribution in [1.29, 1.82) is 0 Å². The van der Waals surface area contributed by atoms with E-state index in [1.165, 1.54) is 0 Å². The number of hydrazone groups is 1. The average molecular weight is 493 g/mol. The van der Waals surface area contributed by atoms with Crippen LogP contribution in [0.25, 0.3) is 11.5 Å². The quantitative estimate of drug-likeness (QED) is 0.225. The molecule has 10 heteroatoms. The van der Waals surface area contributed by atoms with Crippen LogP contribution in [0.1, 0.15) is 16.7 Å². The van der Waals surface area contributed by atoms with Crippen molar-refractivity contribution in [2.45, 2.75) is 13.1 Å². The molecule has 0 radical (unpaired) electrons. The Labute approximate surface area is 213 Å². The van der Waals surface area contributed by atoms with E-state index < -0.39 is 6.17 Å². The number of carbonyl (C=O) groups excluding carboxylic acids is 1. The number of benzene rings is 3. The molecule has 5 rings (SSSR count). The van der Waals surface area contributed by atoms with Crippen molar-refractivity contribution in [1.82, 2.24) is 10.2 Å². The lowest BCUT2D eigenvalue weighted by molar-refractivity contribution is -0.116. The van der Waals surface area contributed by atoms with Crippen molar-refractivity contribution < 1.29 is 9.21 Å². The number of aryl methyl sites for hydroxylation is 1. The molecule has 0 fully saturated rings. The highest BCUT2D eigenvalue weighted by Gasteiger charge is 2.27. The number of carbonyl (C=O) groups is 1. The molecular formula is C27H24N8O2. The molecule has 3 aromatic carbocycles. The van der Waals surface area contributed by atoms with Gasteiger partial charge in [0.25, 0.3) is 5.91 Å². The predicted octanol–water partition coefficient (Wildman–Crippen LogP) is 4.35. The summed E-state index contributed by atoms with van der Waals surface area (Å²) in [5.74, 6) is -0.0355. The molecule has 1 aliphatic heterocycles. The predicted molar refractivity (Wildman–Crippen MR) is 145 cm³/mol. The summed E-state index contributed by atoms with van der Waals surface area (Å²) in [6, 6.07) is 22.9. The maximum Gasteiger partial charge on any atom is 0.317 e. The van der Waals surface area contributed by atoms with Crippen LogP contribution < -0.4 is 15.6 Å². The van der Waals surface area contributed by atoms with Gasteiger partial charge in [0.1, 0.15) is 6.34 Å². The molecule has 0 aliphatic carbocycles. The second-order valence-corrected chi connectivity index (χ2v) is 8.20. The van der Waals surface area contributed by atoms with Crippen LogP contribution in [0.4, 0.5) is 17.4 Å². The van der Waals surface area contributed by atoms with Crippen molar-refractivity contribution in [2.24, 2.45) is 15.1 Å². The Balaban J connectivity index is 1.44. The fraction of sp³-hybridized carbons (Fsp3) is 0.111. The third-order valence-electron chi connectivity index (χ3n) is 5.76. The maximum atomic E-state index is 13.1. The molecular weight excluding hydrogens is 468 g/mol. The number of fused-ring (bicyclic) bond motifs is 1. The van der Waals surface area contributed by atoms with Gasteiger partial charge in [-0.25, -0.2) is 10.0 Å². The first-order chi connectivity index (χ1) is 18.1. The summed E-state index contributed by atoms with van der Waals surface area (Å²) in [4.78, 5) is 21.8. The number of rotatable bonds is 7. The molecule has 0 saturated carbocycles. The first-order valence-electron chi connectivity index (χ1n) is 11.5. The Morgan fingerprint density at radius 2 is 1.84 bits per heavy atom. The average Bonchev–Trinajstić information content (AvgIpc) is 3.33. The number of aromatic nitrogens is 2. The number of hydrogen-bond acceptors (Lipinski definition) is 8. The molecule has 1 aromatic heterocycles. The molecule has 1 atom stereocenters. The molecule has 37 heavy (non-hydrogen) atoms. The van der Waals surface area contributed by atoms with Crippen molar-refractivity contribution in [3.8, 4) is 11.5 Å². The van der Waals surface area contributed by atoms with Gasteiger partial charge < -0.3 is 15.1 Å². The molecule has 2 N–H and O–H groups in total. The highest BCUT2D eigenvalue weighted by molar-refractivity contribution is 6.19. The highest BCUT2D eigenvalue weighted by atomic mass is 16.4. The lowest BCUT2D eigenvalue weighted by Crippen LogP contribution is -2.32. The zero-order chi connectivity index (χ0) is 25.8. The van der Waals surface area contributed by atoms with Gasteiger partial charge in [0.2, 0.25) is 12.1 Å². The fourth-order valence-corrected chi connectivity index (χ4v) is 4.01. The van der Waals surface area contributed by atoms with Gasteiger partial charge in [0.05, 0.1) is 17.1 Å². The van der Waals surface area contributed by atoms with E-state index in [9.17, 15) is 4.79 Å². The lowest BCUT2D eigenvalue weighted by Gasteiger charge is -2.14. The molecule has 1 unspecified atom stereocenters. The zero-order valence-electron chi connectivity index (χ0n) is 20.3. The van der Waals surface area contributed by atoms with E-state index in [4.69, 9.17) is 9.41 Å². The van der Waals surface area contributed by atoms with Crippen LogP contribution in [0.3, 0.4) is 0 Å². The summed E-state index contributed by atoms with van der Waals surface area (Å²) < 4.78 is 5.88. The number of benzodiazepines with no additional fused rings is 1. The van der Waals surface area contributed by atoms with E-state index in [0.717, 1.165) is 27.9 Å². The standard InChI is InChI=1S/C27H24N8O2/c1-17-15-19(35(29-3)16-28-2)13-14-20(17)26-33-34-27(37-26)32-24-25(36)30-22-12-8-7-11-21(22)23(31-24)18-9-5-4-6-10-18/h4-16,24H,3H2,1-2H3,(H,30,36)(H,32,34)/b28-16-. The topological polar surface area (TPSA) is 120 Å². The van der Waals surface area contributed by atoms with Crippen LogP contribution in [-0.4, -0.2) is 48.1 Å². The summed E-state index contributed by atoms with van der Waals surface area (Å²) >= 11 is 0. The molecule has 0 saturated heterocycles. The van der Waals surface area contributed by atoms with Gasteiger partial charge in [0, 0.05) is 30.5 Å². The molecule has 1 aliphatic rings. The number of nitrogens with zero attached hydrogens (tertiary/aromatic N) is 6. The van der Waals surface area contributed by atoms with E-state index in [-0.39, 0.29) is 11.9 Å². The van der Waals surface area contributed by atoms with Crippen molar-refractivity contribution >= 4 is 42.1 Å². The van der Waals surface area contributed by atoms with Crippen LogP contribution in [0, 0.1) is 6.92 Å². The first kappa shape index (κ1) is 23.6. The second kappa shape index (κ2) is 10.2. The lowest BCUT2D eigenvalue weighted by atomic mass is 10.0. The van der Waals surface area contributed by atoms with E-state index >= 15 is 0 Å². The zero-order valence-corrected chi connectivity index (χ0v) is 20.3. The minimum atomic E-state index is -0.986. The molecule has 2 heterocycles. The molecule has 0 spiro atoms. The Kier molecular flexibility index (Phi) is 6.54. The third-order valence-corrected chi connectivity index (χ3v) is 5.76. The molecule has 0 bridgehead atoms. The Hall–Kier alpha value is -5.12. The summed E-state index contributed by atoms with van der Waals surface area (Å²) in [5.41, 5.74) is 5.48. The third kappa shape index (κ3) is 4.85. The van der Waals surface area contributed by atoms with Crippen molar-refractivity contribution in [3.05, 3.63) is 89.5 Å². The van der Waals surface area contributed by atoms with Crippen LogP contribution >= 0.6 is 0 Å². The van der Waals surface area contributed by atoms with E-state index in [1.54, 1.807) is 18.4 Å². The van der Waals surface area contributed by atoms with Gasteiger partial charge in [-0.15, -0.1) is 5.10 Å². The van der Waals surface area contributed by atoms with Crippen LogP contribution in [-0.2, 0) is 4.79 Å². The summed E-state index contributed by atoms with van der Waals surface area (Å²) in [6.07, 6.45) is 0.580. The number of amides is 1. The number of hydrogen-bond donors (Lipinski definition) is 2. The number of para-hydroxylation sites is 1. The van der Waals surface area contributed by atoms with Gasteiger partial charge in [0.15, 0.2) is 0 Å². The Morgan fingerprint density at radius 3 is 2.59 bits per heavy atom. The molecule has 1 amide bonds. The minimum Gasteiger partial charge on any atom is -0.403 e. The maximum absolute atomic E-state index is 13.1. The largest absolute Gasteiger partial charge is 0.403 e. The first-order valence-corrected chi connectivity index (χ1v) is 11.5. The second-order valence-electron chi connectivity index (χ2n) is 8.20. The normalized spacial score (nSPS) is 14.9. The molecule has 184 valence electrons.